The van der Waals surface area contributed by atoms with E-state index in [1.807, 2.05) is 0 Å². The normalized spacial score (nSPS) is 12.7. The van der Waals surface area contributed by atoms with Crippen molar-refractivity contribution in [3.63, 3.8) is 0 Å². The molecule has 0 bridgehead atoms. The minimum absolute atomic E-state index is 0.481. The van der Waals surface area contributed by atoms with E-state index in [4.69, 9.17) is 0 Å². The summed E-state index contributed by atoms with van der Waals surface area (Å²) in [5.41, 5.74) is 0. The molecular weight excluding hydrogens is 184 g/mol. The first kappa shape index (κ1) is 14.7. The molecule has 0 saturated carbocycles. The Bertz CT molecular complexity index is 151. The fourth-order valence-electron chi connectivity index (χ4n) is 1.89. The molecule has 0 saturated heterocycles. The lowest BCUT2D eigenvalue weighted by molar-refractivity contribution is -0.120. The summed E-state index contributed by atoms with van der Waals surface area (Å²) >= 11 is 0. The number of unbranched alkanes of at least 4 members (excludes halogenated alkanes) is 4. The van der Waals surface area contributed by atoms with Gasteiger partial charge in [-0.15, -0.1) is 0 Å². The van der Waals surface area contributed by atoms with Crippen LogP contribution in [0.25, 0.3) is 0 Å². The van der Waals surface area contributed by atoms with Gasteiger partial charge in [0.2, 0.25) is 0 Å². The van der Waals surface area contributed by atoms with Crippen molar-refractivity contribution in [3.05, 3.63) is 0 Å². The Labute approximate surface area is 95.6 Å². The first-order valence-corrected chi connectivity index (χ1v) is 6.72. The standard InChI is InChI=1S/C14H28O/c1-4-6-8-9-11-14(15)12-13(3)10-7-5-2/h13H,4-12H2,1-3H3. The Hall–Kier alpha value is -0.330. The zero-order chi connectivity index (χ0) is 11.5. The lowest BCUT2D eigenvalue weighted by atomic mass is 9.96. The van der Waals surface area contributed by atoms with Crippen LogP contribution in [0.5, 0.6) is 0 Å². The zero-order valence-corrected chi connectivity index (χ0v) is 10.8. The smallest absolute Gasteiger partial charge is 0.133 e. The van der Waals surface area contributed by atoms with E-state index in [-0.39, 0.29) is 0 Å². The van der Waals surface area contributed by atoms with Crippen LogP contribution in [0.2, 0.25) is 0 Å². The van der Waals surface area contributed by atoms with Gasteiger partial charge in [0.15, 0.2) is 0 Å². The van der Waals surface area contributed by atoms with Gasteiger partial charge in [0.25, 0.3) is 0 Å². The number of carbonyl (C=O) groups is 1. The van der Waals surface area contributed by atoms with Crippen molar-refractivity contribution in [2.45, 2.75) is 78.6 Å². The van der Waals surface area contributed by atoms with Crippen molar-refractivity contribution in [1.29, 1.82) is 0 Å². The molecule has 0 N–H and O–H groups in total. The highest BCUT2D eigenvalue weighted by Crippen LogP contribution is 2.14. The summed E-state index contributed by atoms with van der Waals surface area (Å²) in [5, 5.41) is 0. The van der Waals surface area contributed by atoms with Gasteiger partial charge in [0.05, 0.1) is 0 Å². The van der Waals surface area contributed by atoms with Crippen LogP contribution >= 0.6 is 0 Å². The summed E-state index contributed by atoms with van der Waals surface area (Å²) in [6, 6.07) is 0. The molecule has 0 amide bonds. The Morgan fingerprint density at radius 3 is 2.27 bits per heavy atom. The Balaban J connectivity index is 3.38. The van der Waals surface area contributed by atoms with Gasteiger partial charge >= 0.3 is 0 Å². The molecule has 90 valence electrons. The van der Waals surface area contributed by atoms with Gasteiger partial charge in [-0.05, 0) is 12.3 Å². The molecular formula is C14H28O. The second-order valence-corrected chi connectivity index (χ2v) is 4.80. The van der Waals surface area contributed by atoms with Crippen LogP contribution in [-0.2, 0) is 4.79 Å². The third kappa shape index (κ3) is 9.96. The van der Waals surface area contributed by atoms with Gasteiger partial charge in [-0.1, -0.05) is 59.3 Å². The van der Waals surface area contributed by atoms with Crippen LogP contribution in [0, 0.1) is 5.92 Å². The summed E-state index contributed by atoms with van der Waals surface area (Å²) in [6.45, 7) is 6.62. The van der Waals surface area contributed by atoms with Crippen molar-refractivity contribution >= 4 is 5.78 Å². The van der Waals surface area contributed by atoms with Crippen LogP contribution in [0.4, 0.5) is 0 Å². The molecule has 15 heavy (non-hydrogen) atoms. The number of ketones is 1. The summed E-state index contributed by atoms with van der Waals surface area (Å²) in [4.78, 5) is 11.6. The third-order valence-electron chi connectivity index (χ3n) is 2.94. The summed E-state index contributed by atoms with van der Waals surface area (Å²) in [7, 11) is 0. The predicted molar refractivity (Wildman–Crippen MR) is 67.1 cm³/mol. The molecule has 0 heterocycles. The number of Topliss-reactive ketones (excluding diaryl/α,β-unsaturated/α-hetero) is 1. The van der Waals surface area contributed by atoms with E-state index >= 15 is 0 Å². The van der Waals surface area contributed by atoms with Crippen molar-refractivity contribution < 1.29 is 4.79 Å². The molecule has 0 radical (unpaired) electrons. The van der Waals surface area contributed by atoms with E-state index in [1.54, 1.807) is 0 Å². The lowest BCUT2D eigenvalue weighted by Gasteiger charge is -2.09. The largest absolute Gasteiger partial charge is 0.300 e. The molecule has 0 aromatic heterocycles. The third-order valence-corrected chi connectivity index (χ3v) is 2.94. The maximum absolute atomic E-state index is 11.6. The highest BCUT2D eigenvalue weighted by atomic mass is 16.1. The molecule has 0 aromatic carbocycles. The molecule has 0 aromatic rings. The maximum atomic E-state index is 11.6. The monoisotopic (exact) mass is 212 g/mol. The summed E-state index contributed by atoms with van der Waals surface area (Å²) < 4.78 is 0. The van der Waals surface area contributed by atoms with Crippen LogP contribution < -0.4 is 0 Å². The summed E-state index contributed by atoms with van der Waals surface area (Å²) in [6.07, 6.45) is 10.2. The van der Waals surface area contributed by atoms with Gasteiger partial charge < -0.3 is 0 Å². The zero-order valence-electron chi connectivity index (χ0n) is 10.8. The average Bonchev–Trinajstić information content (AvgIpc) is 2.21. The molecule has 0 rings (SSSR count). The molecule has 0 spiro atoms. The van der Waals surface area contributed by atoms with Gasteiger partial charge in [-0.3, -0.25) is 4.79 Å². The SMILES string of the molecule is CCCCCCC(=O)CC(C)CCCC. The molecule has 1 atom stereocenters. The molecule has 1 unspecified atom stereocenters. The fraction of sp³-hybridized carbons (Fsp3) is 0.929. The van der Waals surface area contributed by atoms with Gasteiger partial charge in [0, 0.05) is 12.8 Å². The average molecular weight is 212 g/mol. The molecule has 1 heteroatoms. The molecule has 0 aliphatic carbocycles. The number of hydrogen-bond donors (Lipinski definition) is 0. The number of hydrogen-bond acceptors (Lipinski definition) is 1. The second kappa shape index (κ2) is 10.2. The second-order valence-electron chi connectivity index (χ2n) is 4.80. The van der Waals surface area contributed by atoms with Crippen LogP contribution in [0.1, 0.15) is 78.6 Å². The lowest BCUT2D eigenvalue weighted by Crippen LogP contribution is -2.05. The quantitative estimate of drug-likeness (QED) is 0.478. The van der Waals surface area contributed by atoms with Crippen LogP contribution in [-0.4, -0.2) is 5.78 Å². The van der Waals surface area contributed by atoms with Crippen molar-refractivity contribution in [1.82, 2.24) is 0 Å². The van der Waals surface area contributed by atoms with Crippen molar-refractivity contribution in [2.75, 3.05) is 0 Å². The highest BCUT2D eigenvalue weighted by Gasteiger charge is 2.08. The first-order chi connectivity index (χ1) is 7.20. The fourth-order valence-corrected chi connectivity index (χ4v) is 1.89. The van der Waals surface area contributed by atoms with E-state index in [0.29, 0.717) is 11.7 Å². The molecule has 0 aliphatic heterocycles. The minimum atomic E-state index is 0.481. The van der Waals surface area contributed by atoms with Crippen LogP contribution in [0.3, 0.4) is 0 Å². The van der Waals surface area contributed by atoms with E-state index in [9.17, 15) is 4.79 Å². The molecule has 0 fully saturated rings. The topological polar surface area (TPSA) is 17.1 Å². The molecule has 0 aliphatic rings. The Morgan fingerprint density at radius 2 is 1.67 bits per heavy atom. The first-order valence-electron chi connectivity index (χ1n) is 6.72. The molecule has 1 nitrogen and oxygen atoms in total. The van der Waals surface area contributed by atoms with E-state index < -0.39 is 0 Å². The van der Waals surface area contributed by atoms with Crippen molar-refractivity contribution in [2.24, 2.45) is 5.92 Å². The minimum Gasteiger partial charge on any atom is -0.300 e. The van der Waals surface area contributed by atoms with Gasteiger partial charge in [0.1, 0.15) is 5.78 Å². The van der Waals surface area contributed by atoms with Gasteiger partial charge in [-0.25, -0.2) is 0 Å². The summed E-state index contributed by atoms with van der Waals surface area (Å²) in [5.74, 6) is 1.08. The highest BCUT2D eigenvalue weighted by molar-refractivity contribution is 5.78. The number of carbonyl (C=O) groups excluding carboxylic acids is 1. The van der Waals surface area contributed by atoms with E-state index in [1.165, 1.54) is 38.5 Å². The Morgan fingerprint density at radius 1 is 1.00 bits per heavy atom. The van der Waals surface area contributed by atoms with Crippen molar-refractivity contribution in [3.8, 4) is 0 Å². The van der Waals surface area contributed by atoms with Crippen LogP contribution in [0.15, 0.2) is 0 Å². The van der Waals surface area contributed by atoms with E-state index in [0.717, 1.165) is 19.3 Å². The Kier molecular flexibility index (Phi) is 9.97. The maximum Gasteiger partial charge on any atom is 0.133 e. The van der Waals surface area contributed by atoms with E-state index in [2.05, 4.69) is 20.8 Å². The predicted octanol–water partition coefficient (Wildman–Crippen LogP) is 4.74. The number of rotatable bonds is 10. The van der Waals surface area contributed by atoms with Gasteiger partial charge in [-0.2, -0.15) is 0 Å².